The second-order valence-corrected chi connectivity index (χ2v) is 3.97. The molecule has 0 aliphatic heterocycles. The highest BCUT2D eigenvalue weighted by molar-refractivity contribution is 6.21. The van der Waals surface area contributed by atoms with E-state index in [0.29, 0.717) is 11.1 Å². The van der Waals surface area contributed by atoms with Crippen LogP contribution in [-0.4, -0.2) is 13.1 Å². The van der Waals surface area contributed by atoms with Gasteiger partial charge in [-0.1, -0.05) is 42.5 Å². The SMILES string of the molecule is COC(=O)/C(=C/c1ccccc1)c1cccc(F)c1. The molecular weight excluding hydrogens is 243 g/mol. The first-order valence-corrected chi connectivity index (χ1v) is 5.81. The molecule has 0 amide bonds. The van der Waals surface area contributed by atoms with E-state index in [-0.39, 0.29) is 5.82 Å². The van der Waals surface area contributed by atoms with Crippen molar-refractivity contribution in [1.29, 1.82) is 0 Å². The number of carbonyl (C=O) groups is 1. The van der Waals surface area contributed by atoms with Crippen LogP contribution in [0.1, 0.15) is 11.1 Å². The number of methoxy groups -OCH3 is 1. The minimum atomic E-state index is -0.491. The number of hydrogen-bond donors (Lipinski definition) is 0. The van der Waals surface area contributed by atoms with Gasteiger partial charge in [0.15, 0.2) is 0 Å². The van der Waals surface area contributed by atoms with Crippen LogP contribution in [0.5, 0.6) is 0 Å². The van der Waals surface area contributed by atoms with E-state index in [1.807, 2.05) is 30.3 Å². The van der Waals surface area contributed by atoms with Crippen LogP contribution in [0.4, 0.5) is 4.39 Å². The van der Waals surface area contributed by atoms with Crippen molar-refractivity contribution in [3.8, 4) is 0 Å². The summed E-state index contributed by atoms with van der Waals surface area (Å²) in [5, 5.41) is 0. The molecule has 2 aromatic carbocycles. The van der Waals surface area contributed by atoms with Gasteiger partial charge in [0.1, 0.15) is 5.82 Å². The van der Waals surface area contributed by atoms with E-state index in [2.05, 4.69) is 0 Å². The lowest BCUT2D eigenvalue weighted by Gasteiger charge is -2.06. The predicted molar refractivity (Wildman–Crippen MR) is 72.7 cm³/mol. The first-order chi connectivity index (χ1) is 9.20. The summed E-state index contributed by atoms with van der Waals surface area (Å²) in [6.07, 6.45) is 1.68. The van der Waals surface area contributed by atoms with Crippen LogP contribution in [0, 0.1) is 5.82 Å². The highest BCUT2D eigenvalue weighted by atomic mass is 19.1. The number of ether oxygens (including phenoxy) is 1. The van der Waals surface area contributed by atoms with Gasteiger partial charge in [-0.25, -0.2) is 9.18 Å². The molecule has 19 heavy (non-hydrogen) atoms. The van der Waals surface area contributed by atoms with E-state index >= 15 is 0 Å². The van der Waals surface area contributed by atoms with E-state index in [4.69, 9.17) is 4.74 Å². The summed E-state index contributed by atoms with van der Waals surface area (Å²) in [6, 6.07) is 15.2. The van der Waals surface area contributed by atoms with Crippen LogP contribution in [0.25, 0.3) is 11.6 Å². The summed E-state index contributed by atoms with van der Waals surface area (Å²) >= 11 is 0. The fraction of sp³-hybridized carbons (Fsp3) is 0.0625. The molecule has 2 nitrogen and oxygen atoms in total. The molecule has 0 aliphatic rings. The van der Waals surface area contributed by atoms with Crippen molar-refractivity contribution in [3.05, 3.63) is 71.5 Å². The lowest BCUT2D eigenvalue weighted by atomic mass is 10.0. The summed E-state index contributed by atoms with van der Waals surface area (Å²) in [7, 11) is 1.31. The Morgan fingerprint density at radius 3 is 2.47 bits per heavy atom. The number of carbonyl (C=O) groups excluding carboxylic acids is 1. The standard InChI is InChI=1S/C16H13FO2/c1-19-16(18)15(10-12-6-3-2-4-7-12)13-8-5-9-14(17)11-13/h2-11H,1H3/b15-10+. The van der Waals surface area contributed by atoms with Gasteiger partial charge in [-0.15, -0.1) is 0 Å². The second kappa shape index (κ2) is 5.96. The Balaban J connectivity index is 2.48. The molecule has 0 saturated heterocycles. The molecule has 0 atom stereocenters. The maximum atomic E-state index is 13.3. The first-order valence-electron chi connectivity index (χ1n) is 5.81. The van der Waals surface area contributed by atoms with Gasteiger partial charge >= 0.3 is 5.97 Å². The third kappa shape index (κ3) is 3.28. The van der Waals surface area contributed by atoms with E-state index in [0.717, 1.165) is 5.56 Å². The number of benzene rings is 2. The minimum absolute atomic E-state index is 0.327. The molecular formula is C16H13FO2. The molecule has 0 fully saturated rings. The quantitative estimate of drug-likeness (QED) is 0.477. The average Bonchev–Trinajstić information content (AvgIpc) is 2.45. The van der Waals surface area contributed by atoms with Gasteiger partial charge in [0.05, 0.1) is 12.7 Å². The molecule has 96 valence electrons. The summed E-state index contributed by atoms with van der Waals surface area (Å²) in [4.78, 5) is 11.8. The maximum Gasteiger partial charge on any atom is 0.338 e. The van der Waals surface area contributed by atoms with Gasteiger partial charge in [-0.3, -0.25) is 0 Å². The van der Waals surface area contributed by atoms with Gasteiger partial charge < -0.3 is 4.74 Å². The highest BCUT2D eigenvalue weighted by Crippen LogP contribution is 2.20. The summed E-state index contributed by atoms with van der Waals surface area (Å²) in [5.41, 5.74) is 1.68. The van der Waals surface area contributed by atoms with Crippen molar-refractivity contribution in [2.45, 2.75) is 0 Å². The normalized spacial score (nSPS) is 11.2. The van der Waals surface area contributed by atoms with Crippen LogP contribution in [0.3, 0.4) is 0 Å². The molecule has 0 N–H and O–H groups in total. The van der Waals surface area contributed by atoms with Crippen molar-refractivity contribution in [3.63, 3.8) is 0 Å². The Labute approximate surface area is 111 Å². The van der Waals surface area contributed by atoms with Crippen LogP contribution in [0.15, 0.2) is 54.6 Å². The monoisotopic (exact) mass is 256 g/mol. The third-order valence-corrected chi connectivity index (χ3v) is 2.65. The molecule has 0 aromatic heterocycles. The number of esters is 1. The van der Waals surface area contributed by atoms with E-state index in [9.17, 15) is 9.18 Å². The third-order valence-electron chi connectivity index (χ3n) is 2.65. The zero-order valence-corrected chi connectivity index (χ0v) is 10.5. The Morgan fingerprint density at radius 1 is 1.11 bits per heavy atom. The van der Waals surface area contributed by atoms with Gasteiger partial charge in [-0.2, -0.15) is 0 Å². The molecule has 0 spiro atoms. The number of hydrogen-bond acceptors (Lipinski definition) is 2. The molecule has 2 aromatic rings. The highest BCUT2D eigenvalue weighted by Gasteiger charge is 2.12. The number of halogens is 1. The van der Waals surface area contributed by atoms with Crippen molar-refractivity contribution in [2.24, 2.45) is 0 Å². The molecule has 0 radical (unpaired) electrons. The molecule has 3 heteroatoms. The Morgan fingerprint density at radius 2 is 1.84 bits per heavy atom. The fourth-order valence-corrected chi connectivity index (χ4v) is 1.74. The van der Waals surface area contributed by atoms with Crippen molar-refractivity contribution in [2.75, 3.05) is 7.11 Å². The molecule has 0 aliphatic carbocycles. The van der Waals surface area contributed by atoms with Crippen molar-refractivity contribution in [1.82, 2.24) is 0 Å². The fourth-order valence-electron chi connectivity index (χ4n) is 1.74. The van der Waals surface area contributed by atoms with Gasteiger partial charge in [0.25, 0.3) is 0 Å². The molecule has 0 heterocycles. The Kier molecular flexibility index (Phi) is 4.08. The van der Waals surface area contributed by atoms with Crippen molar-refractivity contribution >= 4 is 17.6 Å². The number of rotatable bonds is 3. The van der Waals surface area contributed by atoms with E-state index in [1.165, 1.54) is 19.2 Å². The Hall–Kier alpha value is -2.42. The topological polar surface area (TPSA) is 26.3 Å². The van der Waals surface area contributed by atoms with Crippen LogP contribution in [-0.2, 0) is 9.53 Å². The summed E-state index contributed by atoms with van der Waals surface area (Å²) in [6.45, 7) is 0. The summed E-state index contributed by atoms with van der Waals surface area (Å²) in [5.74, 6) is -0.880. The molecule has 0 saturated carbocycles. The minimum Gasteiger partial charge on any atom is -0.465 e. The lowest BCUT2D eigenvalue weighted by molar-refractivity contribution is -0.133. The van der Waals surface area contributed by atoms with E-state index < -0.39 is 5.97 Å². The molecule has 0 unspecified atom stereocenters. The second-order valence-electron chi connectivity index (χ2n) is 3.97. The summed E-state index contributed by atoms with van der Waals surface area (Å²) < 4.78 is 18.0. The predicted octanol–water partition coefficient (Wildman–Crippen LogP) is 3.54. The van der Waals surface area contributed by atoms with Crippen LogP contribution < -0.4 is 0 Å². The average molecular weight is 256 g/mol. The van der Waals surface area contributed by atoms with Gasteiger partial charge in [0, 0.05) is 0 Å². The van der Waals surface area contributed by atoms with E-state index in [1.54, 1.807) is 18.2 Å². The smallest absolute Gasteiger partial charge is 0.338 e. The van der Waals surface area contributed by atoms with Crippen molar-refractivity contribution < 1.29 is 13.9 Å². The van der Waals surface area contributed by atoms with Gasteiger partial charge in [-0.05, 0) is 29.3 Å². The molecule has 0 bridgehead atoms. The van der Waals surface area contributed by atoms with Crippen LogP contribution in [0.2, 0.25) is 0 Å². The lowest BCUT2D eigenvalue weighted by Crippen LogP contribution is -2.04. The van der Waals surface area contributed by atoms with Gasteiger partial charge in [0.2, 0.25) is 0 Å². The van der Waals surface area contributed by atoms with Crippen LogP contribution >= 0.6 is 0 Å². The largest absolute Gasteiger partial charge is 0.465 e. The molecule has 2 rings (SSSR count). The zero-order valence-electron chi connectivity index (χ0n) is 10.5. The Bertz CT molecular complexity index is 603. The zero-order chi connectivity index (χ0) is 13.7. The maximum absolute atomic E-state index is 13.3. The first kappa shape index (κ1) is 13.0.